The molecule has 0 aliphatic heterocycles. The molecule has 0 radical (unpaired) electrons. The van der Waals surface area contributed by atoms with E-state index in [4.69, 9.17) is 23.2 Å². The first-order valence-corrected chi connectivity index (χ1v) is 10.0. The van der Waals surface area contributed by atoms with Gasteiger partial charge in [0.15, 0.2) is 5.13 Å². The topological polar surface area (TPSA) is 71.1 Å². The zero-order chi connectivity index (χ0) is 19.6. The van der Waals surface area contributed by atoms with Crippen molar-refractivity contribution in [1.82, 2.24) is 10.3 Å². The lowest BCUT2D eigenvalue weighted by Crippen LogP contribution is -2.17. The molecule has 2 heterocycles. The molecule has 0 atom stereocenters. The van der Waals surface area contributed by atoms with Crippen LogP contribution in [0.5, 0.6) is 0 Å². The number of thiophene rings is 1. The van der Waals surface area contributed by atoms with Crippen LogP contribution in [0.15, 0.2) is 29.6 Å². The second kappa shape index (κ2) is 8.35. The molecule has 140 valence electrons. The Hall–Kier alpha value is -2.00. The molecule has 0 fully saturated rings. The number of rotatable bonds is 5. The number of halogens is 3. The molecule has 0 bridgehead atoms. The van der Waals surface area contributed by atoms with Crippen LogP contribution in [0.1, 0.15) is 22.2 Å². The molecule has 3 aromatic rings. The second-order valence-corrected chi connectivity index (χ2v) is 8.25. The van der Waals surface area contributed by atoms with Crippen molar-refractivity contribution in [3.05, 3.63) is 55.9 Å². The molecule has 0 saturated heterocycles. The van der Waals surface area contributed by atoms with Crippen LogP contribution in [-0.2, 0) is 11.3 Å². The summed E-state index contributed by atoms with van der Waals surface area (Å²) >= 11 is 14.3. The van der Waals surface area contributed by atoms with E-state index in [1.165, 1.54) is 35.7 Å². The van der Waals surface area contributed by atoms with Crippen LogP contribution < -0.4 is 10.6 Å². The van der Waals surface area contributed by atoms with Gasteiger partial charge >= 0.3 is 0 Å². The highest BCUT2D eigenvalue weighted by atomic mass is 35.5. The summed E-state index contributed by atoms with van der Waals surface area (Å²) in [6, 6.07) is 5.97. The molecule has 0 aliphatic carbocycles. The minimum Gasteiger partial charge on any atom is -0.351 e. The summed E-state index contributed by atoms with van der Waals surface area (Å²) < 4.78 is 13.6. The fourth-order valence-corrected chi connectivity index (χ4v) is 4.28. The van der Waals surface area contributed by atoms with E-state index in [1.54, 1.807) is 5.38 Å². The Balaban J connectivity index is 1.72. The maximum Gasteiger partial charge on any atom is 0.259 e. The number of carbonyl (C=O) groups is 2. The van der Waals surface area contributed by atoms with Crippen molar-refractivity contribution in [2.24, 2.45) is 0 Å². The molecule has 0 spiro atoms. The number of anilines is 1. The number of hydrogen-bond donors (Lipinski definition) is 2. The Morgan fingerprint density at radius 2 is 2.00 bits per heavy atom. The number of hydrogen-bond acceptors (Lipinski definition) is 5. The van der Waals surface area contributed by atoms with Crippen LogP contribution in [0, 0.1) is 5.82 Å². The molecule has 2 N–H and O–H groups in total. The van der Waals surface area contributed by atoms with Gasteiger partial charge in [-0.1, -0.05) is 23.2 Å². The normalized spacial score (nSPS) is 10.7. The summed E-state index contributed by atoms with van der Waals surface area (Å²) in [5, 5.41) is 7.40. The number of benzene rings is 1. The van der Waals surface area contributed by atoms with Gasteiger partial charge in [-0.15, -0.1) is 22.7 Å². The molecule has 2 aromatic heterocycles. The van der Waals surface area contributed by atoms with Crippen LogP contribution in [0.2, 0.25) is 10.0 Å². The second-order valence-electron chi connectivity index (χ2n) is 5.41. The number of thiazole rings is 1. The van der Waals surface area contributed by atoms with Gasteiger partial charge in [0.05, 0.1) is 32.7 Å². The zero-order valence-corrected chi connectivity index (χ0v) is 17.0. The lowest BCUT2D eigenvalue weighted by molar-refractivity contribution is -0.119. The van der Waals surface area contributed by atoms with E-state index in [-0.39, 0.29) is 21.5 Å². The standard InChI is InChI=1S/C17H12Cl2FN3O2S2/c1-8(24)21-6-9-2-3-15(27-9)14-7-26-17(22-14)23-16(25)10-4-13(20)12(19)5-11(10)18/h2-5,7H,6H2,1H3,(H,21,24)(H,22,23,25). The van der Waals surface area contributed by atoms with E-state index in [2.05, 4.69) is 15.6 Å². The minimum atomic E-state index is -0.726. The van der Waals surface area contributed by atoms with E-state index >= 15 is 0 Å². The first-order valence-electron chi connectivity index (χ1n) is 7.58. The molecule has 0 unspecified atom stereocenters. The minimum absolute atomic E-state index is 0.0240. The number of aromatic nitrogens is 1. The van der Waals surface area contributed by atoms with Gasteiger partial charge in [-0.25, -0.2) is 9.37 Å². The molecule has 5 nitrogen and oxygen atoms in total. The summed E-state index contributed by atoms with van der Waals surface area (Å²) in [7, 11) is 0. The molecule has 2 amide bonds. The van der Waals surface area contributed by atoms with Gasteiger partial charge in [-0.2, -0.15) is 0 Å². The third-order valence-electron chi connectivity index (χ3n) is 3.40. The lowest BCUT2D eigenvalue weighted by Gasteiger charge is -2.05. The molecule has 27 heavy (non-hydrogen) atoms. The van der Waals surface area contributed by atoms with Crippen molar-refractivity contribution in [3.8, 4) is 10.6 Å². The van der Waals surface area contributed by atoms with Crippen molar-refractivity contribution in [1.29, 1.82) is 0 Å². The fraction of sp³-hybridized carbons (Fsp3) is 0.118. The Morgan fingerprint density at radius 1 is 1.22 bits per heavy atom. The molecule has 3 rings (SSSR count). The van der Waals surface area contributed by atoms with Crippen LogP contribution >= 0.6 is 45.9 Å². The third kappa shape index (κ3) is 4.84. The highest BCUT2D eigenvalue weighted by molar-refractivity contribution is 7.17. The number of amides is 2. The van der Waals surface area contributed by atoms with Gasteiger partial charge in [0.25, 0.3) is 5.91 Å². The lowest BCUT2D eigenvalue weighted by atomic mass is 10.2. The van der Waals surface area contributed by atoms with Crippen molar-refractivity contribution < 1.29 is 14.0 Å². The van der Waals surface area contributed by atoms with Gasteiger partial charge in [0.2, 0.25) is 5.91 Å². The largest absolute Gasteiger partial charge is 0.351 e. The first-order chi connectivity index (χ1) is 12.8. The van der Waals surface area contributed by atoms with E-state index in [0.717, 1.165) is 15.8 Å². The highest BCUT2D eigenvalue weighted by Crippen LogP contribution is 2.31. The van der Waals surface area contributed by atoms with Crippen LogP contribution in [0.3, 0.4) is 0 Å². The Kier molecular flexibility index (Phi) is 6.11. The molecule has 1 aromatic carbocycles. The Bertz CT molecular complexity index is 1020. The van der Waals surface area contributed by atoms with Crippen molar-refractivity contribution in [3.63, 3.8) is 0 Å². The maximum absolute atomic E-state index is 13.6. The maximum atomic E-state index is 13.6. The number of nitrogens with zero attached hydrogens (tertiary/aromatic N) is 1. The summed E-state index contributed by atoms with van der Waals surface area (Å²) in [5.74, 6) is -1.40. The van der Waals surface area contributed by atoms with Gasteiger partial charge in [0.1, 0.15) is 5.82 Å². The van der Waals surface area contributed by atoms with Crippen molar-refractivity contribution >= 4 is 62.8 Å². The van der Waals surface area contributed by atoms with Gasteiger partial charge in [0, 0.05) is 17.2 Å². The van der Waals surface area contributed by atoms with Crippen molar-refractivity contribution in [2.45, 2.75) is 13.5 Å². The van der Waals surface area contributed by atoms with E-state index in [1.807, 2.05) is 12.1 Å². The summed E-state index contributed by atoms with van der Waals surface area (Å²) in [4.78, 5) is 29.6. The summed E-state index contributed by atoms with van der Waals surface area (Å²) in [6.07, 6.45) is 0. The summed E-state index contributed by atoms with van der Waals surface area (Å²) in [6.45, 7) is 1.91. The van der Waals surface area contributed by atoms with Crippen LogP contribution in [-0.4, -0.2) is 16.8 Å². The Labute approximate surface area is 172 Å². The highest BCUT2D eigenvalue weighted by Gasteiger charge is 2.16. The van der Waals surface area contributed by atoms with Gasteiger partial charge in [-0.05, 0) is 24.3 Å². The fourth-order valence-electron chi connectivity index (χ4n) is 2.13. The zero-order valence-electron chi connectivity index (χ0n) is 13.8. The average molecular weight is 444 g/mol. The van der Waals surface area contributed by atoms with E-state index in [0.29, 0.717) is 17.4 Å². The van der Waals surface area contributed by atoms with Gasteiger partial charge < -0.3 is 5.32 Å². The van der Waals surface area contributed by atoms with E-state index < -0.39 is 11.7 Å². The van der Waals surface area contributed by atoms with Crippen LogP contribution in [0.25, 0.3) is 10.6 Å². The SMILES string of the molecule is CC(=O)NCc1ccc(-c2csc(NC(=O)c3cc(F)c(Cl)cc3Cl)n2)s1. The first kappa shape index (κ1) is 19.8. The van der Waals surface area contributed by atoms with E-state index in [9.17, 15) is 14.0 Å². The molecular formula is C17H12Cl2FN3O2S2. The van der Waals surface area contributed by atoms with Gasteiger partial charge in [-0.3, -0.25) is 14.9 Å². The Morgan fingerprint density at radius 3 is 2.74 bits per heavy atom. The summed E-state index contributed by atoms with van der Waals surface area (Å²) in [5.41, 5.74) is 0.673. The van der Waals surface area contributed by atoms with Crippen molar-refractivity contribution in [2.75, 3.05) is 5.32 Å². The smallest absolute Gasteiger partial charge is 0.259 e. The average Bonchev–Trinajstić information content (AvgIpc) is 3.25. The number of carbonyl (C=O) groups excluding carboxylic acids is 2. The predicted molar refractivity (Wildman–Crippen MR) is 107 cm³/mol. The van der Waals surface area contributed by atoms with Crippen LogP contribution in [0.4, 0.5) is 9.52 Å². The molecule has 0 aliphatic rings. The predicted octanol–water partition coefficient (Wildman–Crippen LogP) is 5.21. The number of nitrogens with one attached hydrogen (secondary N) is 2. The monoisotopic (exact) mass is 443 g/mol. The molecular weight excluding hydrogens is 432 g/mol. The molecule has 10 heteroatoms. The molecule has 0 saturated carbocycles. The quantitative estimate of drug-likeness (QED) is 0.531. The third-order valence-corrected chi connectivity index (χ3v) is 5.87.